The van der Waals surface area contributed by atoms with E-state index in [9.17, 15) is 4.79 Å². The van der Waals surface area contributed by atoms with E-state index in [2.05, 4.69) is 10.3 Å². The molecule has 0 atom stereocenters. The van der Waals surface area contributed by atoms with Gasteiger partial charge in [-0.25, -0.2) is 0 Å². The number of carboxylic acid groups (broad SMARTS) is 1. The van der Waals surface area contributed by atoms with E-state index in [4.69, 9.17) is 5.11 Å². The fraction of sp³-hybridized carbons (Fsp3) is 0.625. The van der Waals surface area contributed by atoms with Crippen molar-refractivity contribution >= 4 is 5.97 Å². The predicted molar refractivity (Wildman–Crippen MR) is 49.6 cm³/mol. The average molecular weight is 198 g/mol. The second-order valence-electron chi connectivity index (χ2n) is 3.08. The van der Waals surface area contributed by atoms with Crippen LogP contribution in [-0.2, 0) is 18.4 Å². The molecule has 0 fully saturated rings. The highest BCUT2D eigenvalue weighted by atomic mass is 16.4. The second kappa shape index (κ2) is 4.71. The first-order valence-electron chi connectivity index (χ1n) is 4.41. The van der Waals surface area contributed by atoms with Crippen LogP contribution in [0, 0.1) is 0 Å². The van der Waals surface area contributed by atoms with Crippen LogP contribution in [0.1, 0.15) is 12.6 Å². The average Bonchev–Trinajstić information content (AvgIpc) is 2.49. The maximum Gasteiger partial charge on any atom is 0.317 e. The van der Waals surface area contributed by atoms with Gasteiger partial charge in [-0.3, -0.25) is 14.4 Å². The van der Waals surface area contributed by atoms with Gasteiger partial charge in [0.15, 0.2) is 0 Å². The van der Waals surface area contributed by atoms with Gasteiger partial charge in [-0.05, 0) is 6.54 Å². The minimum Gasteiger partial charge on any atom is -0.480 e. The molecule has 0 aliphatic rings. The molecule has 1 heterocycles. The molecule has 1 rings (SSSR count). The van der Waals surface area contributed by atoms with Crippen LogP contribution in [-0.4, -0.2) is 44.1 Å². The van der Waals surface area contributed by atoms with E-state index in [0.717, 1.165) is 5.69 Å². The lowest BCUT2D eigenvalue weighted by Crippen LogP contribution is -2.29. The number of aliphatic carboxylic acids is 1. The van der Waals surface area contributed by atoms with Crippen molar-refractivity contribution in [3.05, 3.63) is 11.9 Å². The van der Waals surface area contributed by atoms with Gasteiger partial charge in [-0.2, -0.15) is 0 Å². The van der Waals surface area contributed by atoms with Crippen LogP contribution in [0.2, 0.25) is 0 Å². The fourth-order valence-electron chi connectivity index (χ4n) is 1.17. The van der Waals surface area contributed by atoms with Gasteiger partial charge >= 0.3 is 5.97 Å². The molecule has 0 amide bonds. The minimum absolute atomic E-state index is 0.0348. The summed E-state index contributed by atoms with van der Waals surface area (Å²) >= 11 is 0. The Morgan fingerprint density at radius 3 is 2.86 bits per heavy atom. The number of nitrogens with zero attached hydrogens (tertiary/aromatic N) is 4. The summed E-state index contributed by atoms with van der Waals surface area (Å²) in [5.74, 6) is -0.823. The maximum absolute atomic E-state index is 10.5. The Bertz CT molecular complexity index is 310. The fourth-order valence-corrected chi connectivity index (χ4v) is 1.17. The second-order valence-corrected chi connectivity index (χ2v) is 3.08. The summed E-state index contributed by atoms with van der Waals surface area (Å²) in [7, 11) is 1.78. The normalized spacial score (nSPS) is 10.8. The van der Waals surface area contributed by atoms with Crippen molar-refractivity contribution < 1.29 is 9.90 Å². The molecule has 6 nitrogen and oxygen atoms in total. The lowest BCUT2D eigenvalue weighted by Gasteiger charge is -2.15. The first-order valence-corrected chi connectivity index (χ1v) is 4.41. The number of likely N-dealkylation sites (N-methyl/N-ethyl adjacent to an activating group) is 1. The van der Waals surface area contributed by atoms with Gasteiger partial charge in [0, 0.05) is 19.8 Å². The van der Waals surface area contributed by atoms with Gasteiger partial charge in [-0.15, -0.1) is 5.10 Å². The van der Waals surface area contributed by atoms with Crippen LogP contribution in [0.25, 0.3) is 0 Å². The zero-order valence-electron chi connectivity index (χ0n) is 8.34. The topological polar surface area (TPSA) is 71.2 Å². The van der Waals surface area contributed by atoms with Crippen LogP contribution in [0.3, 0.4) is 0 Å². The Kier molecular flexibility index (Phi) is 3.58. The molecule has 0 saturated heterocycles. The summed E-state index contributed by atoms with van der Waals surface area (Å²) in [6.07, 6.45) is 1.78. The lowest BCUT2D eigenvalue weighted by molar-refractivity contribution is -0.138. The molecular weight excluding hydrogens is 184 g/mol. The summed E-state index contributed by atoms with van der Waals surface area (Å²) in [6.45, 7) is 3.16. The van der Waals surface area contributed by atoms with Crippen LogP contribution in [0.5, 0.6) is 0 Å². The van der Waals surface area contributed by atoms with Gasteiger partial charge < -0.3 is 5.11 Å². The number of hydrogen-bond acceptors (Lipinski definition) is 4. The number of aryl methyl sites for hydroxylation is 1. The third kappa shape index (κ3) is 3.14. The standard InChI is InChI=1S/C8H14N4O2/c1-3-12(6-8(13)14)5-7-4-11(2)10-9-7/h4H,3,5-6H2,1-2H3,(H,13,14). The highest BCUT2D eigenvalue weighted by Gasteiger charge is 2.09. The van der Waals surface area contributed by atoms with E-state index >= 15 is 0 Å². The van der Waals surface area contributed by atoms with Crippen molar-refractivity contribution in [2.45, 2.75) is 13.5 Å². The maximum atomic E-state index is 10.5. The summed E-state index contributed by atoms with van der Waals surface area (Å²) in [4.78, 5) is 12.3. The molecule has 1 N–H and O–H groups in total. The van der Waals surface area contributed by atoms with Crippen molar-refractivity contribution in [1.82, 2.24) is 19.9 Å². The minimum atomic E-state index is -0.823. The zero-order chi connectivity index (χ0) is 10.6. The number of carboxylic acids is 1. The van der Waals surface area contributed by atoms with Crippen LogP contribution in [0.15, 0.2) is 6.20 Å². The highest BCUT2D eigenvalue weighted by Crippen LogP contribution is 1.99. The molecule has 0 saturated carbocycles. The molecular formula is C8H14N4O2. The van der Waals surface area contributed by atoms with Gasteiger partial charge in [0.25, 0.3) is 0 Å². The van der Waals surface area contributed by atoms with Gasteiger partial charge in [0.2, 0.25) is 0 Å². The van der Waals surface area contributed by atoms with Gasteiger partial charge in [0.1, 0.15) is 0 Å². The predicted octanol–water partition coefficient (Wildman–Crippen LogP) is -0.278. The van der Waals surface area contributed by atoms with E-state index in [-0.39, 0.29) is 6.54 Å². The van der Waals surface area contributed by atoms with Gasteiger partial charge in [0.05, 0.1) is 12.2 Å². The third-order valence-corrected chi connectivity index (χ3v) is 1.84. The van der Waals surface area contributed by atoms with Crippen molar-refractivity contribution in [2.75, 3.05) is 13.1 Å². The number of rotatable bonds is 5. The van der Waals surface area contributed by atoms with Crippen molar-refractivity contribution in [2.24, 2.45) is 7.05 Å². The number of carbonyl (C=O) groups is 1. The quantitative estimate of drug-likeness (QED) is 0.704. The van der Waals surface area contributed by atoms with E-state index in [1.165, 1.54) is 0 Å². The van der Waals surface area contributed by atoms with Gasteiger partial charge in [-0.1, -0.05) is 12.1 Å². The summed E-state index contributed by atoms with van der Waals surface area (Å²) in [5.41, 5.74) is 0.788. The van der Waals surface area contributed by atoms with E-state index in [1.54, 1.807) is 22.8 Å². The van der Waals surface area contributed by atoms with E-state index in [0.29, 0.717) is 13.1 Å². The molecule has 0 bridgehead atoms. The van der Waals surface area contributed by atoms with Crippen molar-refractivity contribution in [1.29, 1.82) is 0 Å². The molecule has 0 radical (unpaired) electrons. The lowest BCUT2D eigenvalue weighted by atomic mass is 10.4. The first-order chi connectivity index (χ1) is 6.61. The molecule has 0 aliphatic heterocycles. The molecule has 0 aliphatic carbocycles. The summed E-state index contributed by atoms with van der Waals surface area (Å²) < 4.78 is 1.60. The van der Waals surface area contributed by atoms with E-state index in [1.807, 2.05) is 6.92 Å². The zero-order valence-corrected chi connectivity index (χ0v) is 8.34. The number of hydrogen-bond donors (Lipinski definition) is 1. The molecule has 6 heteroatoms. The SMILES string of the molecule is CCN(CC(=O)O)Cc1cn(C)nn1. The third-order valence-electron chi connectivity index (χ3n) is 1.84. The highest BCUT2D eigenvalue weighted by molar-refractivity contribution is 5.69. The Hall–Kier alpha value is -1.43. The van der Waals surface area contributed by atoms with Crippen LogP contribution >= 0.6 is 0 Å². The van der Waals surface area contributed by atoms with E-state index < -0.39 is 5.97 Å². The van der Waals surface area contributed by atoms with Crippen LogP contribution < -0.4 is 0 Å². The Labute approximate surface area is 82.1 Å². The largest absolute Gasteiger partial charge is 0.480 e. The van der Waals surface area contributed by atoms with Crippen LogP contribution in [0.4, 0.5) is 0 Å². The smallest absolute Gasteiger partial charge is 0.317 e. The molecule has 1 aromatic heterocycles. The Morgan fingerprint density at radius 2 is 2.43 bits per heavy atom. The number of aromatic nitrogens is 3. The monoisotopic (exact) mass is 198 g/mol. The first kappa shape index (κ1) is 10.6. The molecule has 1 aromatic rings. The molecule has 0 aromatic carbocycles. The summed E-state index contributed by atoms with van der Waals surface area (Å²) in [6, 6.07) is 0. The molecule has 78 valence electrons. The summed E-state index contributed by atoms with van der Waals surface area (Å²) in [5, 5.41) is 16.3. The van der Waals surface area contributed by atoms with Crippen molar-refractivity contribution in [3.8, 4) is 0 Å². The Balaban J connectivity index is 2.52. The molecule has 0 unspecified atom stereocenters. The molecule has 0 spiro atoms. The Morgan fingerprint density at radius 1 is 1.71 bits per heavy atom. The molecule has 14 heavy (non-hydrogen) atoms. The van der Waals surface area contributed by atoms with Crippen molar-refractivity contribution in [3.63, 3.8) is 0 Å².